The highest BCUT2D eigenvalue weighted by atomic mass is 35.5. The van der Waals surface area contributed by atoms with Gasteiger partial charge in [-0.05, 0) is 43.3 Å². The van der Waals surface area contributed by atoms with Gasteiger partial charge in [0.25, 0.3) is 0 Å². The van der Waals surface area contributed by atoms with Crippen LogP contribution in [0.3, 0.4) is 0 Å². The van der Waals surface area contributed by atoms with Crippen molar-refractivity contribution in [2.75, 3.05) is 10.6 Å². The fraction of sp³-hybridized carbons (Fsp3) is 0.0952. The Balaban J connectivity index is 1.40. The SMILES string of the molecule is Cc1nc(Nc2ncc(CC(=O)Nc3ccccc3)s2)nc(Oc2ccc(Cl)cc2)n1. The zero-order valence-corrected chi connectivity index (χ0v) is 17.9. The molecule has 2 aromatic heterocycles. The van der Waals surface area contributed by atoms with E-state index in [4.69, 9.17) is 16.3 Å². The van der Waals surface area contributed by atoms with E-state index in [1.54, 1.807) is 37.4 Å². The number of halogens is 1. The van der Waals surface area contributed by atoms with Crippen molar-refractivity contribution in [3.05, 3.63) is 76.5 Å². The first-order valence-corrected chi connectivity index (χ1v) is 10.5. The Bertz CT molecular complexity index is 1180. The van der Waals surface area contributed by atoms with E-state index < -0.39 is 0 Å². The van der Waals surface area contributed by atoms with E-state index in [2.05, 4.69) is 30.6 Å². The maximum atomic E-state index is 12.2. The summed E-state index contributed by atoms with van der Waals surface area (Å²) in [6, 6.07) is 16.3. The molecule has 1 amide bonds. The summed E-state index contributed by atoms with van der Waals surface area (Å²) in [6.07, 6.45) is 1.87. The Hall–Kier alpha value is -3.56. The topological polar surface area (TPSA) is 102 Å². The third-order valence-corrected chi connectivity index (χ3v) is 5.08. The largest absolute Gasteiger partial charge is 0.424 e. The average molecular weight is 453 g/mol. The van der Waals surface area contributed by atoms with E-state index in [1.165, 1.54) is 11.3 Å². The van der Waals surface area contributed by atoms with Gasteiger partial charge in [-0.3, -0.25) is 10.1 Å². The summed E-state index contributed by atoms with van der Waals surface area (Å²) in [4.78, 5) is 30.0. The maximum absolute atomic E-state index is 12.2. The number of anilines is 3. The lowest BCUT2D eigenvalue weighted by molar-refractivity contribution is -0.115. The predicted molar refractivity (Wildman–Crippen MR) is 120 cm³/mol. The first kappa shape index (κ1) is 20.7. The van der Waals surface area contributed by atoms with Gasteiger partial charge in [0.05, 0.1) is 6.42 Å². The fourth-order valence-electron chi connectivity index (χ4n) is 2.59. The molecule has 31 heavy (non-hydrogen) atoms. The van der Waals surface area contributed by atoms with Crippen LogP contribution in [-0.4, -0.2) is 25.8 Å². The monoisotopic (exact) mass is 452 g/mol. The van der Waals surface area contributed by atoms with Crippen molar-refractivity contribution in [2.45, 2.75) is 13.3 Å². The molecule has 0 aliphatic heterocycles. The van der Waals surface area contributed by atoms with E-state index >= 15 is 0 Å². The van der Waals surface area contributed by atoms with Gasteiger partial charge < -0.3 is 10.1 Å². The highest BCUT2D eigenvalue weighted by molar-refractivity contribution is 7.15. The maximum Gasteiger partial charge on any atom is 0.327 e. The van der Waals surface area contributed by atoms with Crippen LogP contribution in [0.15, 0.2) is 60.8 Å². The van der Waals surface area contributed by atoms with Crippen LogP contribution in [0.4, 0.5) is 16.8 Å². The third kappa shape index (κ3) is 5.97. The zero-order valence-electron chi connectivity index (χ0n) is 16.4. The molecule has 0 atom stereocenters. The number of ether oxygens (including phenoxy) is 1. The minimum absolute atomic E-state index is 0.115. The lowest BCUT2D eigenvalue weighted by Gasteiger charge is -2.07. The van der Waals surface area contributed by atoms with Crippen LogP contribution in [0.1, 0.15) is 10.7 Å². The predicted octanol–water partition coefficient (Wildman–Crippen LogP) is 5.01. The molecule has 2 N–H and O–H groups in total. The molecular weight excluding hydrogens is 436 g/mol. The number of hydrogen-bond donors (Lipinski definition) is 2. The molecule has 0 aliphatic carbocycles. The number of aryl methyl sites for hydroxylation is 1. The van der Waals surface area contributed by atoms with E-state index in [0.29, 0.717) is 27.7 Å². The van der Waals surface area contributed by atoms with Crippen LogP contribution in [0, 0.1) is 6.92 Å². The van der Waals surface area contributed by atoms with Crippen molar-refractivity contribution in [1.82, 2.24) is 19.9 Å². The minimum atomic E-state index is -0.115. The second kappa shape index (κ2) is 9.50. The second-order valence-corrected chi connectivity index (χ2v) is 7.94. The number of carbonyl (C=O) groups is 1. The Labute approximate surface area is 187 Å². The zero-order chi connectivity index (χ0) is 21.6. The standard InChI is InChI=1S/C21H17ClN6O2S/c1-13-24-19(27-20(25-13)30-16-9-7-14(22)8-10-16)28-21-23-12-17(31-21)11-18(29)26-15-5-3-2-4-6-15/h2-10,12H,11H2,1H3,(H,26,29)(H,23,24,25,27,28). The van der Waals surface area contributed by atoms with Crippen molar-refractivity contribution < 1.29 is 9.53 Å². The number of rotatable bonds is 7. The second-order valence-electron chi connectivity index (χ2n) is 6.39. The number of carbonyl (C=O) groups excluding carboxylic acids is 1. The van der Waals surface area contributed by atoms with Gasteiger partial charge in [0.2, 0.25) is 11.9 Å². The van der Waals surface area contributed by atoms with Crippen LogP contribution in [0.25, 0.3) is 0 Å². The highest BCUT2D eigenvalue weighted by Gasteiger charge is 2.11. The van der Waals surface area contributed by atoms with Gasteiger partial charge in [0.15, 0.2) is 5.13 Å². The van der Waals surface area contributed by atoms with E-state index in [0.717, 1.165) is 10.6 Å². The van der Waals surface area contributed by atoms with Gasteiger partial charge in [-0.2, -0.15) is 15.0 Å². The van der Waals surface area contributed by atoms with Crippen molar-refractivity contribution in [3.8, 4) is 11.8 Å². The Kier molecular flexibility index (Phi) is 6.34. The number of nitrogens with one attached hydrogen (secondary N) is 2. The minimum Gasteiger partial charge on any atom is -0.424 e. The molecule has 4 rings (SSSR count). The van der Waals surface area contributed by atoms with E-state index in [9.17, 15) is 4.79 Å². The molecule has 0 saturated heterocycles. The quantitative estimate of drug-likeness (QED) is 0.406. The van der Waals surface area contributed by atoms with Gasteiger partial charge in [-0.25, -0.2) is 4.98 Å². The van der Waals surface area contributed by atoms with Gasteiger partial charge in [0, 0.05) is 21.8 Å². The van der Waals surface area contributed by atoms with Crippen molar-refractivity contribution in [2.24, 2.45) is 0 Å². The fourth-order valence-corrected chi connectivity index (χ4v) is 3.53. The van der Waals surface area contributed by atoms with Crippen LogP contribution < -0.4 is 15.4 Å². The molecule has 156 valence electrons. The Morgan fingerprint density at radius 1 is 1.06 bits per heavy atom. The summed E-state index contributed by atoms with van der Waals surface area (Å²) in [7, 11) is 0. The van der Waals surface area contributed by atoms with Crippen LogP contribution >= 0.6 is 22.9 Å². The Morgan fingerprint density at radius 3 is 2.61 bits per heavy atom. The molecule has 0 spiro atoms. The molecule has 10 heteroatoms. The van der Waals surface area contributed by atoms with Crippen molar-refractivity contribution in [1.29, 1.82) is 0 Å². The molecule has 0 bridgehead atoms. The molecule has 2 aromatic carbocycles. The smallest absolute Gasteiger partial charge is 0.327 e. The molecule has 0 unspecified atom stereocenters. The Morgan fingerprint density at radius 2 is 1.84 bits per heavy atom. The highest BCUT2D eigenvalue weighted by Crippen LogP contribution is 2.24. The molecule has 0 fully saturated rings. The number of benzene rings is 2. The van der Waals surface area contributed by atoms with Crippen LogP contribution in [0.5, 0.6) is 11.8 Å². The lowest BCUT2D eigenvalue weighted by Crippen LogP contribution is -2.13. The summed E-state index contributed by atoms with van der Waals surface area (Å²) in [6.45, 7) is 1.74. The number of aromatic nitrogens is 4. The molecular formula is C21H17ClN6O2S. The van der Waals surface area contributed by atoms with Crippen molar-refractivity contribution >= 4 is 45.6 Å². The average Bonchev–Trinajstić information content (AvgIpc) is 3.16. The molecule has 0 saturated carbocycles. The van der Waals surface area contributed by atoms with Gasteiger partial charge >= 0.3 is 6.01 Å². The summed E-state index contributed by atoms with van der Waals surface area (Å²) >= 11 is 7.24. The third-order valence-electron chi connectivity index (χ3n) is 3.91. The molecule has 4 aromatic rings. The van der Waals surface area contributed by atoms with E-state index in [-0.39, 0.29) is 18.3 Å². The molecule has 8 nitrogen and oxygen atoms in total. The first-order chi connectivity index (χ1) is 15.0. The van der Waals surface area contributed by atoms with Crippen LogP contribution in [-0.2, 0) is 11.2 Å². The summed E-state index contributed by atoms with van der Waals surface area (Å²) in [5.41, 5.74) is 0.754. The number of hydrogen-bond acceptors (Lipinski definition) is 8. The van der Waals surface area contributed by atoms with Crippen LogP contribution in [0.2, 0.25) is 5.02 Å². The number of para-hydroxylation sites is 1. The summed E-state index contributed by atoms with van der Waals surface area (Å²) in [5.74, 6) is 1.23. The van der Waals surface area contributed by atoms with Gasteiger partial charge in [-0.1, -0.05) is 29.8 Å². The van der Waals surface area contributed by atoms with Gasteiger partial charge in [0.1, 0.15) is 11.6 Å². The number of amides is 1. The summed E-state index contributed by atoms with van der Waals surface area (Å²) < 4.78 is 5.68. The first-order valence-electron chi connectivity index (χ1n) is 9.26. The van der Waals surface area contributed by atoms with E-state index in [1.807, 2.05) is 30.3 Å². The molecule has 2 heterocycles. The van der Waals surface area contributed by atoms with Crippen molar-refractivity contribution in [3.63, 3.8) is 0 Å². The number of nitrogens with zero attached hydrogens (tertiary/aromatic N) is 4. The molecule has 0 radical (unpaired) electrons. The summed E-state index contributed by atoms with van der Waals surface area (Å²) in [5, 5.41) is 7.06. The molecule has 0 aliphatic rings. The normalized spacial score (nSPS) is 10.5. The van der Waals surface area contributed by atoms with Gasteiger partial charge in [-0.15, -0.1) is 11.3 Å². The number of thiazole rings is 1. The lowest BCUT2D eigenvalue weighted by atomic mass is 10.3.